The largest absolute Gasteiger partial charge is 0.340 e. The third kappa shape index (κ3) is 2.26. The van der Waals surface area contributed by atoms with Crippen LogP contribution in [0.4, 0.5) is 11.5 Å². The Morgan fingerprint density at radius 1 is 1.22 bits per heavy atom. The molecule has 2 heterocycles. The van der Waals surface area contributed by atoms with Crippen LogP contribution in [0, 0.1) is 6.92 Å². The van der Waals surface area contributed by atoms with Crippen molar-refractivity contribution in [3.8, 4) is 0 Å². The van der Waals surface area contributed by atoms with Crippen LogP contribution in [-0.2, 0) is 0 Å². The van der Waals surface area contributed by atoms with Crippen LogP contribution in [0.1, 0.15) is 5.56 Å². The smallest absolute Gasteiger partial charge is 0.133 e. The Balaban J connectivity index is 1.95. The number of pyridine rings is 1. The number of aromatic nitrogens is 1. The van der Waals surface area contributed by atoms with Crippen molar-refractivity contribution in [3.63, 3.8) is 0 Å². The van der Waals surface area contributed by atoms with Gasteiger partial charge in [0.1, 0.15) is 5.82 Å². The molecule has 0 saturated carbocycles. The number of aryl methyl sites for hydroxylation is 1. The molecule has 0 bridgehead atoms. The summed E-state index contributed by atoms with van der Waals surface area (Å²) in [5.41, 5.74) is 2.19. The maximum atomic E-state index is 4.39. The molecule has 0 amide bonds. The van der Waals surface area contributed by atoms with Crippen molar-refractivity contribution in [1.29, 1.82) is 0 Å². The second-order valence-corrected chi connectivity index (χ2v) is 5.98. The molecule has 0 fully saturated rings. The van der Waals surface area contributed by atoms with Gasteiger partial charge in [-0.1, -0.05) is 0 Å². The van der Waals surface area contributed by atoms with E-state index in [2.05, 4.69) is 61.9 Å². The summed E-state index contributed by atoms with van der Waals surface area (Å²) in [6.45, 7) is 2.04. The van der Waals surface area contributed by atoms with Gasteiger partial charge in [-0.2, -0.15) is 0 Å². The zero-order valence-electron chi connectivity index (χ0n) is 9.77. The molecule has 4 heteroatoms. The highest BCUT2D eigenvalue weighted by molar-refractivity contribution is 9.10. The minimum atomic E-state index is 0.896. The monoisotopic (exact) mass is 318 g/mol. The van der Waals surface area contributed by atoms with Gasteiger partial charge in [0.05, 0.1) is 0 Å². The molecule has 3 rings (SSSR count). The highest BCUT2D eigenvalue weighted by Crippen LogP contribution is 2.26. The van der Waals surface area contributed by atoms with E-state index in [4.69, 9.17) is 0 Å². The molecule has 0 aliphatic carbocycles. The average molecular weight is 319 g/mol. The van der Waals surface area contributed by atoms with E-state index >= 15 is 0 Å². The Morgan fingerprint density at radius 2 is 2.11 bits per heavy atom. The van der Waals surface area contributed by atoms with Crippen LogP contribution in [0.25, 0.3) is 10.1 Å². The molecule has 1 aromatic carbocycles. The molecule has 2 nitrogen and oxygen atoms in total. The van der Waals surface area contributed by atoms with Crippen LogP contribution >= 0.6 is 27.3 Å². The standard InChI is InChI=1S/C14H11BrN2S/c1-9-6-11(15)8-16-14(9)17-12-2-3-13-10(7-12)4-5-18-13/h2-8H,1H3,(H,16,17). The summed E-state index contributed by atoms with van der Waals surface area (Å²) in [6.07, 6.45) is 1.80. The number of hydrogen-bond acceptors (Lipinski definition) is 3. The molecule has 0 aliphatic rings. The Kier molecular flexibility index (Phi) is 3.06. The molecule has 0 atom stereocenters. The Hall–Kier alpha value is -1.39. The van der Waals surface area contributed by atoms with E-state index in [0.717, 1.165) is 21.5 Å². The van der Waals surface area contributed by atoms with Gasteiger partial charge in [-0.25, -0.2) is 4.98 Å². The number of rotatable bonds is 2. The summed E-state index contributed by atoms with van der Waals surface area (Å²) < 4.78 is 2.31. The van der Waals surface area contributed by atoms with E-state index in [9.17, 15) is 0 Å². The first-order valence-electron chi connectivity index (χ1n) is 5.59. The van der Waals surface area contributed by atoms with Crippen molar-refractivity contribution in [3.05, 3.63) is 51.9 Å². The topological polar surface area (TPSA) is 24.9 Å². The first-order valence-corrected chi connectivity index (χ1v) is 7.26. The number of nitrogens with one attached hydrogen (secondary N) is 1. The fraction of sp³-hybridized carbons (Fsp3) is 0.0714. The van der Waals surface area contributed by atoms with Gasteiger partial charge in [-0.05, 0) is 69.5 Å². The Labute approximate surface area is 118 Å². The number of benzene rings is 1. The zero-order chi connectivity index (χ0) is 12.5. The number of nitrogens with zero attached hydrogens (tertiary/aromatic N) is 1. The van der Waals surface area contributed by atoms with E-state index in [1.807, 2.05) is 6.92 Å². The van der Waals surface area contributed by atoms with Crippen molar-refractivity contribution in [2.45, 2.75) is 6.92 Å². The molecule has 3 aromatic rings. The molecular weight excluding hydrogens is 308 g/mol. The number of anilines is 2. The van der Waals surface area contributed by atoms with E-state index < -0.39 is 0 Å². The highest BCUT2D eigenvalue weighted by Gasteiger charge is 2.02. The minimum Gasteiger partial charge on any atom is -0.340 e. The lowest BCUT2D eigenvalue weighted by Crippen LogP contribution is -1.95. The molecule has 90 valence electrons. The third-order valence-corrected chi connectivity index (χ3v) is 4.09. The van der Waals surface area contributed by atoms with Gasteiger partial charge >= 0.3 is 0 Å². The van der Waals surface area contributed by atoms with Crippen molar-refractivity contribution >= 4 is 48.9 Å². The van der Waals surface area contributed by atoms with Gasteiger partial charge in [0, 0.05) is 21.1 Å². The predicted molar refractivity (Wildman–Crippen MR) is 81.8 cm³/mol. The van der Waals surface area contributed by atoms with E-state index in [0.29, 0.717) is 0 Å². The molecule has 1 N–H and O–H groups in total. The zero-order valence-corrected chi connectivity index (χ0v) is 12.2. The molecule has 18 heavy (non-hydrogen) atoms. The summed E-state index contributed by atoms with van der Waals surface area (Å²) in [4.78, 5) is 4.39. The van der Waals surface area contributed by atoms with Crippen LogP contribution in [-0.4, -0.2) is 4.98 Å². The molecule has 0 radical (unpaired) electrons. The van der Waals surface area contributed by atoms with Crippen molar-refractivity contribution in [1.82, 2.24) is 4.98 Å². The fourth-order valence-corrected chi connectivity index (χ4v) is 3.07. The second-order valence-electron chi connectivity index (χ2n) is 4.12. The van der Waals surface area contributed by atoms with Gasteiger partial charge in [-0.3, -0.25) is 0 Å². The molecule has 0 unspecified atom stereocenters. The van der Waals surface area contributed by atoms with Crippen molar-refractivity contribution in [2.24, 2.45) is 0 Å². The fourth-order valence-electron chi connectivity index (χ4n) is 1.85. The van der Waals surface area contributed by atoms with Gasteiger partial charge < -0.3 is 5.32 Å². The maximum absolute atomic E-state index is 4.39. The second kappa shape index (κ2) is 4.71. The molecule has 0 saturated heterocycles. The molecular formula is C14H11BrN2S. The number of halogens is 1. The van der Waals surface area contributed by atoms with Crippen molar-refractivity contribution in [2.75, 3.05) is 5.32 Å². The maximum Gasteiger partial charge on any atom is 0.133 e. The SMILES string of the molecule is Cc1cc(Br)cnc1Nc1ccc2sccc2c1. The van der Waals surface area contributed by atoms with Gasteiger partial charge in [-0.15, -0.1) is 11.3 Å². The summed E-state index contributed by atoms with van der Waals surface area (Å²) in [5.74, 6) is 0.896. The summed E-state index contributed by atoms with van der Waals surface area (Å²) in [6, 6.07) is 10.6. The molecule has 2 aromatic heterocycles. The van der Waals surface area contributed by atoms with Crippen LogP contribution in [0.3, 0.4) is 0 Å². The average Bonchev–Trinajstić information content (AvgIpc) is 2.80. The third-order valence-electron chi connectivity index (χ3n) is 2.76. The van der Waals surface area contributed by atoms with Crippen LogP contribution in [0.15, 0.2) is 46.4 Å². The number of fused-ring (bicyclic) bond motifs is 1. The van der Waals surface area contributed by atoms with E-state index in [-0.39, 0.29) is 0 Å². The van der Waals surface area contributed by atoms with Crippen LogP contribution in [0.5, 0.6) is 0 Å². The number of hydrogen-bond donors (Lipinski definition) is 1. The van der Waals surface area contributed by atoms with Gasteiger partial charge in [0.15, 0.2) is 0 Å². The predicted octanol–water partition coefficient (Wildman–Crippen LogP) is 5.11. The normalized spacial score (nSPS) is 10.8. The highest BCUT2D eigenvalue weighted by atomic mass is 79.9. The Bertz CT molecular complexity index is 706. The van der Waals surface area contributed by atoms with E-state index in [1.165, 1.54) is 10.1 Å². The van der Waals surface area contributed by atoms with Gasteiger partial charge in [0.2, 0.25) is 0 Å². The number of thiophene rings is 1. The lowest BCUT2D eigenvalue weighted by Gasteiger charge is -2.08. The quantitative estimate of drug-likeness (QED) is 0.710. The van der Waals surface area contributed by atoms with E-state index in [1.54, 1.807) is 17.5 Å². The minimum absolute atomic E-state index is 0.896. The molecule has 0 spiro atoms. The van der Waals surface area contributed by atoms with Crippen LogP contribution < -0.4 is 5.32 Å². The first-order chi connectivity index (χ1) is 8.72. The molecule has 0 aliphatic heterocycles. The Morgan fingerprint density at radius 3 is 2.94 bits per heavy atom. The summed E-state index contributed by atoms with van der Waals surface area (Å²) in [7, 11) is 0. The van der Waals surface area contributed by atoms with Gasteiger partial charge in [0.25, 0.3) is 0 Å². The van der Waals surface area contributed by atoms with Crippen LogP contribution in [0.2, 0.25) is 0 Å². The summed E-state index contributed by atoms with van der Waals surface area (Å²) in [5, 5.41) is 6.73. The first kappa shape index (κ1) is 11.7. The summed E-state index contributed by atoms with van der Waals surface area (Å²) >= 11 is 5.18. The van der Waals surface area contributed by atoms with Crippen molar-refractivity contribution < 1.29 is 0 Å². The lowest BCUT2D eigenvalue weighted by molar-refractivity contribution is 1.24. The lowest BCUT2D eigenvalue weighted by atomic mass is 10.2.